The van der Waals surface area contributed by atoms with Gasteiger partial charge in [-0.2, -0.15) is 0 Å². The average molecular weight is 276 g/mol. The Morgan fingerprint density at radius 3 is 2.14 bits per heavy atom. The maximum Gasteiger partial charge on any atom is 0.141 e. The van der Waals surface area contributed by atoms with E-state index in [1.807, 2.05) is 48.8 Å². The summed E-state index contributed by atoms with van der Waals surface area (Å²) in [6.07, 6.45) is 7.14. The van der Waals surface area contributed by atoms with E-state index in [2.05, 4.69) is 32.4 Å². The number of hydrogen-bond donors (Lipinski definition) is 1. The highest BCUT2D eigenvalue weighted by Crippen LogP contribution is 2.21. The number of hydrogen-bond acceptors (Lipinski definition) is 4. The van der Waals surface area contributed by atoms with Crippen LogP contribution in [0.2, 0.25) is 0 Å². The molecule has 0 aliphatic rings. The van der Waals surface area contributed by atoms with Gasteiger partial charge in [-0.15, -0.1) is 0 Å². The highest BCUT2D eigenvalue weighted by atomic mass is 15.0. The van der Waals surface area contributed by atoms with Crippen LogP contribution in [0.15, 0.2) is 73.3 Å². The Morgan fingerprint density at radius 2 is 1.43 bits per heavy atom. The van der Waals surface area contributed by atoms with Crippen LogP contribution in [0.25, 0.3) is 0 Å². The number of nitrogens with one attached hydrogen (secondary N) is 1. The third-order valence-corrected chi connectivity index (χ3v) is 3.26. The van der Waals surface area contributed by atoms with Crippen LogP contribution in [-0.4, -0.2) is 15.0 Å². The number of nitrogens with zero attached hydrogens (tertiary/aromatic N) is 3. The van der Waals surface area contributed by atoms with E-state index in [1.165, 1.54) is 11.1 Å². The van der Waals surface area contributed by atoms with Gasteiger partial charge in [-0.05, 0) is 29.3 Å². The van der Waals surface area contributed by atoms with Crippen LogP contribution in [0.5, 0.6) is 0 Å². The van der Waals surface area contributed by atoms with Gasteiger partial charge in [0.05, 0.1) is 12.6 Å². The van der Waals surface area contributed by atoms with Crippen molar-refractivity contribution in [3.63, 3.8) is 0 Å². The molecule has 0 aliphatic carbocycles. The minimum atomic E-state index is 0.0954. The second-order valence-corrected chi connectivity index (χ2v) is 4.67. The van der Waals surface area contributed by atoms with E-state index < -0.39 is 0 Å². The van der Waals surface area contributed by atoms with Gasteiger partial charge in [0.2, 0.25) is 0 Å². The zero-order valence-electron chi connectivity index (χ0n) is 11.6. The lowest BCUT2D eigenvalue weighted by Gasteiger charge is -2.19. The molecule has 4 nitrogen and oxygen atoms in total. The van der Waals surface area contributed by atoms with Crippen LogP contribution >= 0.6 is 0 Å². The van der Waals surface area contributed by atoms with Crippen molar-refractivity contribution in [1.29, 1.82) is 0 Å². The van der Waals surface area contributed by atoms with Gasteiger partial charge in [0, 0.05) is 24.8 Å². The summed E-state index contributed by atoms with van der Waals surface area (Å²) in [4.78, 5) is 12.6. The normalized spacial score (nSPS) is 12.0. The standard InChI is InChI=1S/C17H16N4/c1-2-5-14(6-3-1)17(15-7-11-18-12-8-15)21-13-16-19-9-4-10-20-16/h1-12,17,21H,13H2. The molecule has 1 unspecified atom stereocenters. The van der Waals surface area contributed by atoms with Crippen molar-refractivity contribution < 1.29 is 0 Å². The van der Waals surface area contributed by atoms with Crippen LogP contribution in [0.1, 0.15) is 23.0 Å². The Labute approximate surface area is 123 Å². The van der Waals surface area contributed by atoms with E-state index in [0.717, 1.165) is 5.82 Å². The molecule has 0 radical (unpaired) electrons. The van der Waals surface area contributed by atoms with Crippen molar-refractivity contribution in [2.45, 2.75) is 12.6 Å². The number of pyridine rings is 1. The fourth-order valence-corrected chi connectivity index (χ4v) is 2.24. The van der Waals surface area contributed by atoms with Crippen molar-refractivity contribution in [3.8, 4) is 0 Å². The molecule has 21 heavy (non-hydrogen) atoms. The first kappa shape index (κ1) is 13.4. The molecular weight excluding hydrogens is 260 g/mol. The Balaban J connectivity index is 1.83. The summed E-state index contributed by atoms with van der Waals surface area (Å²) in [6, 6.07) is 16.3. The van der Waals surface area contributed by atoms with Crippen LogP contribution in [-0.2, 0) is 6.54 Å². The molecule has 0 amide bonds. The maximum atomic E-state index is 4.25. The van der Waals surface area contributed by atoms with Crippen molar-refractivity contribution >= 4 is 0 Å². The molecule has 0 spiro atoms. The lowest BCUT2D eigenvalue weighted by molar-refractivity contribution is 0.586. The van der Waals surface area contributed by atoms with Crippen LogP contribution < -0.4 is 5.32 Å². The van der Waals surface area contributed by atoms with E-state index in [9.17, 15) is 0 Å². The van der Waals surface area contributed by atoms with Gasteiger partial charge >= 0.3 is 0 Å². The molecule has 1 aromatic carbocycles. The smallest absolute Gasteiger partial charge is 0.141 e. The summed E-state index contributed by atoms with van der Waals surface area (Å²) in [5.74, 6) is 0.785. The molecule has 0 bridgehead atoms. The minimum Gasteiger partial charge on any atom is -0.299 e. The summed E-state index contributed by atoms with van der Waals surface area (Å²) >= 11 is 0. The zero-order chi connectivity index (χ0) is 14.3. The predicted octanol–water partition coefficient (Wildman–Crippen LogP) is 2.75. The van der Waals surface area contributed by atoms with Gasteiger partial charge in [0.15, 0.2) is 0 Å². The van der Waals surface area contributed by atoms with Gasteiger partial charge in [0.25, 0.3) is 0 Å². The summed E-state index contributed by atoms with van der Waals surface area (Å²) in [5, 5.41) is 3.52. The molecule has 0 fully saturated rings. The van der Waals surface area contributed by atoms with Crippen LogP contribution in [0.3, 0.4) is 0 Å². The molecule has 1 N–H and O–H groups in total. The Morgan fingerprint density at radius 1 is 0.762 bits per heavy atom. The molecule has 3 aromatic rings. The molecule has 0 aliphatic heterocycles. The molecule has 3 rings (SSSR count). The predicted molar refractivity (Wildman–Crippen MR) is 81.4 cm³/mol. The van der Waals surface area contributed by atoms with Gasteiger partial charge < -0.3 is 0 Å². The third kappa shape index (κ3) is 3.49. The quantitative estimate of drug-likeness (QED) is 0.778. The SMILES string of the molecule is c1ccc(C(NCc2ncccn2)c2ccncc2)cc1. The lowest BCUT2D eigenvalue weighted by atomic mass is 10.00. The second-order valence-electron chi connectivity index (χ2n) is 4.67. The molecule has 2 heterocycles. The largest absolute Gasteiger partial charge is 0.299 e. The zero-order valence-corrected chi connectivity index (χ0v) is 11.6. The molecule has 1 atom stereocenters. The number of rotatable bonds is 5. The highest BCUT2D eigenvalue weighted by Gasteiger charge is 2.13. The molecular formula is C17H16N4. The lowest BCUT2D eigenvalue weighted by Crippen LogP contribution is -2.23. The summed E-state index contributed by atoms with van der Waals surface area (Å²) in [5.41, 5.74) is 2.38. The molecule has 0 saturated carbocycles. The van der Waals surface area contributed by atoms with Crippen molar-refractivity contribution in [2.75, 3.05) is 0 Å². The van der Waals surface area contributed by atoms with Crippen molar-refractivity contribution in [3.05, 3.63) is 90.3 Å². The van der Waals surface area contributed by atoms with Gasteiger partial charge in [-0.25, -0.2) is 9.97 Å². The van der Waals surface area contributed by atoms with E-state index in [1.54, 1.807) is 12.4 Å². The van der Waals surface area contributed by atoms with Gasteiger partial charge in [-0.1, -0.05) is 30.3 Å². The fourth-order valence-electron chi connectivity index (χ4n) is 2.24. The fraction of sp³-hybridized carbons (Fsp3) is 0.118. The Bertz CT molecular complexity index is 617. The van der Waals surface area contributed by atoms with Gasteiger partial charge in [-0.3, -0.25) is 10.3 Å². The Hall–Kier alpha value is -2.59. The molecule has 104 valence electrons. The van der Waals surface area contributed by atoms with Crippen molar-refractivity contribution in [1.82, 2.24) is 20.3 Å². The third-order valence-electron chi connectivity index (χ3n) is 3.26. The molecule has 4 heteroatoms. The van der Waals surface area contributed by atoms with Crippen LogP contribution in [0, 0.1) is 0 Å². The first-order chi connectivity index (χ1) is 10.4. The number of aromatic nitrogens is 3. The van der Waals surface area contributed by atoms with Gasteiger partial charge in [0.1, 0.15) is 5.82 Å². The maximum absolute atomic E-state index is 4.25. The number of benzene rings is 1. The van der Waals surface area contributed by atoms with Crippen LogP contribution in [0.4, 0.5) is 0 Å². The summed E-state index contributed by atoms with van der Waals surface area (Å²) in [6.45, 7) is 0.614. The Kier molecular flexibility index (Phi) is 4.29. The first-order valence-electron chi connectivity index (χ1n) is 6.87. The molecule has 2 aromatic heterocycles. The first-order valence-corrected chi connectivity index (χ1v) is 6.87. The van der Waals surface area contributed by atoms with Crippen molar-refractivity contribution in [2.24, 2.45) is 0 Å². The second kappa shape index (κ2) is 6.72. The topological polar surface area (TPSA) is 50.7 Å². The van der Waals surface area contributed by atoms with E-state index in [0.29, 0.717) is 6.54 Å². The average Bonchev–Trinajstić information content (AvgIpc) is 2.58. The van der Waals surface area contributed by atoms with E-state index >= 15 is 0 Å². The highest BCUT2D eigenvalue weighted by molar-refractivity contribution is 5.30. The summed E-state index contributed by atoms with van der Waals surface area (Å²) < 4.78 is 0. The monoisotopic (exact) mass is 276 g/mol. The van der Waals surface area contributed by atoms with E-state index in [4.69, 9.17) is 0 Å². The van der Waals surface area contributed by atoms with E-state index in [-0.39, 0.29) is 6.04 Å². The summed E-state index contributed by atoms with van der Waals surface area (Å²) in [7, 11) is 0. The minimum absolute atomic E-state index is 0.0954. The molecule has 0 saturated heterocycles.